The summed E-state index contributed by atoms with van der Waals surface area (Å²) in [6, 6.07) is 12.9. The number of ether oxygens (including phenoxy) is 1. The van der Waals surface area contributed by atoms with Gasteiger partial charge >= 0.3 is 0 Å². The van der Waals surface area contributed by atoms with Gasteiger partial charge in [-0.2, -0.15) is 5.26 Å². The van der Waals surface area contributed by atoms with E-state index in [1.165, 1.54) is 6.08 Å². The summed E-state index contributed by atoms with van der Waals surface area (Å²) in [5, 5.41) is 12.8. The Morgan fingerprint density at radius 1 is 1.29 bits per heavy atom. The minimum absolute atomic E-state index is 0.0201. The summed E-state index contributed by atoms with van der Waals surface area (Å²) in [7, 11) is 1.57. The molecule has 0 radical (unpaired) electrons. The van der Waals surface area contributed by atoms with Crippen LogP contribution in [0.4, 0.5) is 11.4 Å². The summed E-state index contributed by atoms with van der Waals surface area (Å²) >= 11 is 6.09. The highest BCUT2D eigenvalue weighted by molar-refractivity contribution is 6.31. The van der Waals surface area contributed by atoms with Gasteiger partial charge in [0, 0.05) is 41.1 Å². The number of carbonyl (C=O) groups is 1. The number of nitrogens with zero attached hydrogens (tertiary/aromatic N) is 2. The number of benzene rings is 2. The molecule has 2 aromatic rings. The van der Waals surface area contributed by atoms with Gasteiger partial charge in [-0.3, -0.25) is 4.79 Å². The van der Waals surface area contributed by atoms with Crippen molar-refractivity contribution in [3.8, 4) is 11.8 Å². The van der Waals surface area contributed by atoms with Crippen molar-refractivity contribution in [2.24, 2.45) is 0 Å². The van der Waals surface area contributed by atoms with Crippen molar-refractivity contribution in [1.82, 2.24) is 0 Å². The molecule has 2 rings (SSSR count). The molecular weight excluding hydrogens is 374 g/mol. The van der Waals surface area contributed by atoms with Crippen molar-refractivity contribution in [3.63, 3.8) is 0 Å². The number of rotatable bonds is 7. The minimum Gasteiger partial charge on any atom is -0.496 e. The predicted molar refractivity (Wildman–Crippen MR) is 115 cm³/mol. The van der Waals surface area contributed by atoms with E-state index in [1.54, 1.807) is 25.3 Å². The van der Waals surface area contributed by atoms with Crippen molar-refractivity contribution in [1.29, 1.82) is 5.26 Å². The molecule has 1 N–H and O–H groups in total. The average Bonchev–Trinajstić information content (AvgIpc) is 2.70. The van der Waals surface area contributed by atoms with Crippen LogP contribution in [0.3, 0.4) is 0 Å². The molecule has 0 aliphatic carbocycles. The quantitative estimate of drug-likeness (QED) is 0.524. The first-order chi connectivity index (χ1) is 13.4. The van der Waals surface area contributed by atoms with E-state index in [0.29, 0.717) is 22.0 Å². The van der Waals surface area contributed by atoms with Gasteiger partial charge in [0.25, 0.3) is 5.91 Å². The highest BCUT2D eigenvalue weighted by Gasteiger charge is 2.14. The van der Waals surface area contributed by atoms with E-state index in [9.17, 15) is 10.1 Å². The second-order valence-corrected chi connectivity index (χ2v) is 6.54. The Morgan fingerprint density at radius 2 is 2.00 bits per heavy atom. The molecule has 2 aromatic carbocycles. The molecule has 0 fully saturated rings. The van der Waals surface area contributed by atoms with Crippen LogP contribution < -0.4 is 15.0 Å². The van der Waals surface area contributed by atoms with Crippen molar-refractivity contribution in [2.75, 3.05) is 30.4 Å². The monoisotopic (exact) mass is 397 g/mol. The van der Waals surface area contributed by atoms with E-state index >= 15 is 0 Å². The van der Waals surface area contributed by atoms with Gasteiger partial charge in [0.2, 0.25) is 0 Å². The maximum absolute atomic E-state index is 12.6. The van der Waals surface area contributed by atoms with Crippen LogP contribution in [0.25, 0.3) is 6.08 Å². The molecule has 1 amide bonds. The molecule has 0 unspecified atom stereocenters. The summed E-state index contributed by atoms with van der Waals surface area (Å²) in [5.74, 6) is 0.103. The van der Waals surface area contributed by atoms with Crippen LogP contribution in [-0.2, 0) is 4.79 Å². The number of amides is 1. The molecule has 0 heterocycles. The SMILES string of the molecule is CCN(CC)c1ccc(/C=C(/C#N)C(=O)Nc2cccc(Cl)c2C)c(OC)c1. The highest BCUT2D eigenvalue weighted by atomic mass is 35.5. The van der Waals surface area contributed by atoms with Gasteiger partial charge in [-0.15, -0.1) is 0 Å². The third kappa shape index (κ3) is 4.85. The lowest BCUT2D eigenvalue weighted by Gasteiger charge is -2.22. The molecular formula is C22H24ClN3O2. The van der Waals surface area contributed by atoms with Crippen LogP contribution in [0.1, 0.15) is 25.0 Å². The number of nitrogens with one attached hydrogen (secondary N) is 1. The first kappa shape index (κ1) is 21.3. The molecule has 5 nitrogen and oxygen atoms in total. The normalized spacial score (nSPS) is 10.9. The molecule has 0 spiro atoms. The van der Waals surface area contributed by atoms with Crippen LogP contribution in [0.2, 0.25) is 5.02 Å². The van der Waals surface area contributed by atoms with E-state index in [0.717, 1.165) is 24.3 Å². The molecule has 146 valence electrons. The summed E-state index contributed by atoms with van der Waals surface area (Å²) in [6.45, 7) is 7.72. The van der Waals surface area contributed by atoms with Crippen LogP contribution in [0.5, 0.6) is 5.75 Å². The van der Waals surface area contributed by atoms with Crippen LogP contribution in [0, 0.1) is 18.3 Å². The van der Waals surface area contributed by atoms with E-state index in [4.69, 9.17) is 16.3 Å². The molecule has 0 bridgehead atoms. The second kappa shape index (κ2) is 9.82. The van der Waals surface area contributed by atoms with Crippen LogP contribution in [-0.4, -0.2) is 26.1 Å². The van der Waals surface area contributed by atoms with E-state index in [1.807, 2.05) is 31.2 Å². The Morgan fingerprint density at radius 3 is 2.61 bits per heavy atom. The number of hydrogen-bond acceptors (Lipinski definition) is 4. The molecule has 6 heteroatoms. The lowest BCUT2D eigenvalue weighted by Crippen LogP contribution is -2.21. The third-order valence-corrected chi connectivity index (χ3v) is 4.94. The number of anilines is 2. The fourth-order valence-corrected chi connectivity index (χ4v) is 3.02. The molecule has 28 heavy (non-hydrogen) atoms. The Hall–Kier alpha value is -2.97. The van der Waals surface area contributed by atoms with Crippen molar-refractivity contribution in [2.45, 2.75) is 20.8 Å². The average molecular weight is 398 g/mol. The third-order valence-electron chi connectivity index (χ3n) is 4.53. The zero-order valence-electron chi connectivity index (χ0n) is 16.5. The number of nitriles is 1. The Balaban J connectivity index is 2.34. The smallest absolute Gasteiger partial charge is 0.266 e. The number of methoxy groups -OCH3 is 1. The topological polar surface area (TPSA) is 65.4 Å². The first-order valence-corrected chi connectivity index (χ1v) is 9.44. The van der Waals surface area contributed by atoms with Gasteiger partial charge in [0.05, 0.1) is 7.11 Å². The number of carbonyl (C=O) groups excluding carboxylic acids is 1. The molecule has 0 saturated heterocycles. The van der Waals surface area contributed by atoms with E-state index in [-0.39, 0.29) is 5.57 Å². The van der Waals surface area contributed by atoms with Gasteiger partial charge < -0.3 is 15.0 Å². The van der Waals surface area contributed by atoms with Crippen molar-refractivity contribution >= 4 is 35.0 Å². The molecule has 0 saturated carbocycles. The first-order valence-electron chi connectivity index (χ1n) is 9.06. The summed E-state index contributed by atoms with van der Waals surface area (Å²) in [4.78, 5) is 14.8. The Kier molecular flexibility index (Phi) is 7.48. The zero-order valence-corrected chi connectivity index (χ0v) is 17.3. The van der Waals surface area contributed by atoms with Crippen LogP contribution >= 0.6 is 11.6 Å². The lowest BCUT2D eigenvalue weighted by atomic mass is 10.1. The Labute approximate surface area is 171 Å². The summed E-state index contributed by atoms with van der Waals surface area (Å²) < 4.78 is 5.47. The number of halogens is 1. The lowest BCUT2D eigenvalue weighted by molar-refractivity contribution is -0.112. The number of hydrogen-bond donors (Lipinski definition) is 1. The van der Waals surface area contributed by atoms with Gasteiger partial charge in [-0.05, 0) is 56.7 Å². The standard InChI is InChI=1S/C22H24ClN3O2/c1-5-26(6-2)18-11-10-16(21(13-18)28-4)12-17(14-24)22(27)25-20-9-7-8-19(23)15(20)3/h7-13H,5-6H2,1-4H3,(H,25,27)/b17-12-. The summed E-state index contributed by atoms with van der Waals surface area (Å²) in [6.07, 6.45) is 1.53. The minimum atomic E-state index is -0.497. The van der Waals surface area contributed by atoms with Crippen molar-refractivity contribution < 1.29 is 9.53 Å². The highest BCUT2D eigenvalue weighted by Crippen LogP contribution is 2.28. The zero-order chi connectivity index (χ0) is 20.7. The van der Waals surface area contributed by atoms with E-state index < -0.39 is 5.91 Å². The fraction of sp³-hybridized carbons (Fsp3) is 0.273. The molecule has 0 atom stereocenters. The molecule has 0 aliphatic heterocycles. The van der Waals surface area contributed by atoms with E-state index in [2.05, 4.69) is 24.1 Å². The van der Waals surface area contributed by atoms with Crippen molar-refractivity contribution in [3.05, 3.63) is 58.1 Å². The maximum atomic E-state index is 12.6. The fourth-order valence-electron chi connectivity index (χ4n) is 2.84. The predicted octanol–water partition coefficient (Wildman–Crippen LogP) is 5.05. The van der Waals surface area contributed by atoms with Gasteiger partial charge in [-0.25, -0.2) is 0 Å². The largest absolute Gasteiger partial charge is 0.496 e. The van der Waals surface area contributed by atoms with Gasteiger partial charge in [0.15, 0.2) is 0 Å². The summed E-state index contributed by atoms with van der Waals surface area (Å²) in [5.41, 5.74) is 2.98. The Bertz CT molecular complexity index is 928. The van der Waals surface area contributed by atoms with Gasteiger partial charge in [0.1, 0.15) is 17.4 Å². The van der Waals surface area contributed by atoms with Gasteiger partial charge in [-0.1, -0.05) is 17.7 Å². The second-order valence-electron chi connectivity index (χ2n) is 6.13. The molecule has 0 aromatic heterocycles. The maximum Gasteiger partial charge on any atom is 0.266 e. The molecule has 0 aliphatic rings. The van der Waals surface area contributed by atoms with Crippen LogP contribution in [0.15, 0.2) is 42.0 Å².